The van der Waals surface area contributed by atoms with E-state index < -0.39 is 0 Å². The summed E-state index contributed by atoms with van der Waals surface area (Å²) in [6.45, 7) is 1.22. The first kappa shape index (κ1) is 13.9. The molecule has 1 aliphatic heterocycles. The van der Waals surface area contributed by atoms with Crippen molar-refractivity contribution >= 4 is 29.0 Å². The highest BCUT2D eigenvalue weighted by Gasteiger charge is 2.14. The van der Waals surface area contributed by atoms with Gasteiger partial charge in [-0.2, -0.15) is 11.8 Å². The SMILES string of the molecule is CSCCC(=O)Nc1cc2c(cc1N)OCCCO2. The molecule has 0 aliphatic carbocycles. The van der Waals surface area contributed by atoms with Crippen LogP contribution >= 0.6 is 11.8 Å². The van der Waals surface area contributed by atoms with Gasteiger partial charge < -0.3 is 20.5 Å². The van der Waals surface area contributed by atoms with Gasteiger partial charge in [-0.3, -0.25) is 4.79 Å². The van der Waals surface area contributed by atoms with E-state index in [-0.39, 0.29) is 5.91 Å². The highest BCUT2D eigenvalue weighted by atomic mass is 32.2. The molecule has 1 amide bonds. The Labute approximate surface area is 116 Å². The molecule has 1 aliphatic rings. The number of thioether (sulfide) groups is 1. The van der Waals surface area contributed by atoms with Crippen molar-refractivity contribution in [2.45, 2.75) is 12.8 Å². The van der Waals surface area contributed by atoms with Crippen molar-refractivity contribution in [2.75, 3.05) is 36.3 Å². The lowest BCUT2D eigenvalue weighted by Gasteiger charge is -2.13. The van der Waals surface area contributed by atoms with Crippen LogP contribution in [0, 0.1) is 0 Å². The summed E-state index contributed by atoms with van der Waals surface area (Å²) >= 11 is 1.63. The number of carbonyl (C=O) groups excluding carboxylic acids is 1. The van der Waals surface area contributed by atoms with Gasteiger partial charge >= 0.3 is 0 Å². The standard InChI is InChI=1S/C13H18N2O3S/c1-19-6-3-13(16)15-10-8-12-11(7-9(10)14)17-4-2-5-18-12/h7-8H,2-6,14H2,1H3,(H,15,16). The van der Waals surface area contributed by atoms with Crippen molar-refractivity contribution in [3.8, 4) is 11.5 Å². The second-order valence-corrected chi connectivity index (χ2v) is 5.21. The van der Waals surface area contributed by atoms with Crippen molar-refractivity contribution in [2.24, 2.45) is 0 Å². The molecule has 0 fully saturated rings. The Balaban J connectivity index is 2.12. The molecule has 1 heterocycles. The van der Waals surface area contributed by atoms with Crippen molar-refractivity contribution < 1.29 is 14.3 Å². The molecule has 0 saturated heterocycles. The monoisotopic (exact) mass is 282 g/mol. The van der Waals surface area contributed by atoms with Crippen molar-refractivity contribution in [1.82, 2.24) is 0 Å². The van der Waals surface area contributed by atoms with Gasteiger partial charge in [0.05, 0.1) is 24.6 Å². The molecule has 2 rings (SSSR count). The fourth-order valence-corrected chi connectivity index (χ4v) is 2.13. The predicted molar refractivity (Wildman–Crippen MR) is 78.1 cm³/mol. The number of nitrogens with two attached hydrogens (primary N) is 1. The summed E-state index contributed by atoms with van der Waals surface area (Å²) in [7, 11) is 0. The number of benzene rings is 1. The Morgan fingerprint density at radius 1 is 1.37 bits per heavy atom. The number of nitrogen functional groups attached to an aromatic ring is 1. The summed E-state index contributed by atoms with van der Waals surface area (Å²) in [5, 5.41) is 2.80. The number of rotatable bonds is 4. The van der Waals surface area contributed by atoms with Crippen molar-refractivity contribution in [3.05, 3.63) is 12.1 Å². The van der Waals surface area contributed by atoms with E-state index in [1.54, 1.807) is 23.9 Å². The van der Waals surface area contributed by atoms with Crippen molar-refractivity contribution in [1.29, 1.82) is 0 Å². The number of ether oxygens (including phenoxy) is 2. The lowest BCUT2D eigenvalue weighted by Crippen LogP contribution is -2.13. The molecular formula is C13H18N2O3S. The number of hydrogen-bond acceptors (Lipinski definition) is 5. The van der Waals surface area contributed by atoms with Gasteiger partial charge in [-0.1, -0.05) is 0 Å². The molecular weight excluding hydrogens is 264 g/mol. The summed E-state index contributed by atoms with van der Waals surface area (Å²) in [5.41, 5.74) is 6.98. The Bertz CT molecular complexity index is 465. The van der Waals surface area contributed by atoms with Crippen LogP contribution in [-0.4, -0.2) is 31.1 Å². The average Bonchev–Trinajstić information content (AvgIpc) is 2.62. The third-order valence-electron chi connectivity index (χ3n) is 2.73. The lowest BCUT2D eigenvalue weighted by molar-refractivity contribution is -0.115. The van der Waals surface area contributed by atoms with Gasteiger partial charge in [0.15, 0.2) is 11.5 Å². The van der Waals surface area contributed by atoms with E-state index in [1.165, 1.54) is 0 Å². The topological polar surface area (TPSA) is 73.6 Å². The van der Waals surface area contributed by atoms with E-state index in [0.717, 1.165) is 12.2 Å². The van der Waals surface area contributed by atoms with Crippen LogP contribution in [0.4, 0.5) is 11.4 Å². The molecule has 3 N–H and O–H groups in total. The lowest BCUT2D eigenvalue weighted by atomic mass is 10.2. The fourth-order valence-electron chi connectivity index (χ4n) is 1.74. The second-order valence-electron chi connectivity index (χ2n) is 4.23. The maximum absolute atomic E-state index is 11.7. The molecule has 0 spiro atoms. The van der Waals surface area contributed by atoms with Gasteiger partial charge in [-0.25, -0.2) is 0 Å². The van der Waals surface area contributed by atoms with Crippen LogP contribution in [0.2, 0.25) is 0 Å². The molecule has 5 nitrogen and oxygen atoms in total. The molecule has 0 unspecified atom stereocenters. The molecule has 0 radical (unpaired) electrons. The smallest absolute Gasteiger partial charge is 0.225 e. The molecule has 0 saturated carbocycles. The quantitative estimate of drug-likeness (QED) is 0.828. The molecule has 104 valence electrons. The summed E-state index contributed by atoms with van der Waals surface area (Å²) in [6, 6.07) is 3.43. The summed E-state index contributed by atoms with van der Waals surface area (Å²) in [6.07, 6.45) is 3.27. The molecule has 1 aromatic carbocycles. The van der Waals surface area contributed by atoms with E-state index in [2.05, 4.69) is 5.32 Å². The van der Waals surface area contributed by atoms with Crippen molar-refractivity contribution in [3.63, 3.8) is 0 Å². The predicted octanol–water partition coefficient (Wildman–Crippen LogP) is 2.12. The van der Waals surface area contributed by atoms with Crippen LogP contribution < -0.4 is 20.5 Å². The van der Waals surface area contributed by atoms with Gasteiger partial charge in [-0.05, 0) is 6.26 Å². The molecule has 19 heavy (non-hydrogen) atoms. The van der Waals surface area contributed by atoms with Gasteiger partial charge in [0.25, 0.3) is 0 Å². The van der Waals surface area contributed by atoms with E-state index in [1.807, 2.05) is 6.26 Å². The molecule has 0 aromatic heterocycles. The Kier molecular flexibility index (Phi) is 4.79. The second kappa shape index (κ2) is 6.56. The number of nitrogens with one attached hydrogen (secondary N) is 1. The summed E-state index contributed by atoms with van der Waals surface area (Å²) in [5.74, 6) is 2.01. The van der Waals surface area contributed by atoms with Gasteiger partial charge in [0.1, 0.15) is 0 Å². The summed E-state index contributed by atoms with van der Waals surface area (Å²) < 4.78 is 11.1. The zero-order valence-electron chi connectivity index (χ0n) is 10.9. The molecule has 6 heteroatoms. The number of anilines is 2. The molecule has 0 bridgehead atoms. The third-order valence-corrected chi connectivity index (χ3v) is 3.34. The van der Waals surface area contributed by atoms with E-state index in [9.17, 15) is 4.79 Å². The van der Waals surface area contributed by atoms with Crippen LogP contribution in [0.25, 0.3) is 0 Å². The number of carbonyl (C=O) groups is 1. The number of fused-ring (bicyclic) bond motifs is 1. The zero-order valence-corrected chi connectivity index (χ0v) is 11.7. The van der Waals surface area contributed by atoms with Crippen LogP contribution in [0.15, 0.2) is 12.1 Å². The van der Waals surface area contributed by atoms with Gasteiger partial charge in [0, 0.05) is 30.7 Å². The van der Waals surface area contributed by atoms with Crippen LogP contribution in [-0.2, 0) is 4.79 Å². The number of amides is 1. The normalized spacial score (nSPS) is 13.7. The molecule has 0 atom stereocenters. The van der Waals surface area contributed by atoms with Crippen LogP contribution in [0.1, 0.15) is 12.8 Å². The van der Waals surface area contributed by atoms with E-state index >= 15 is 0 Å². The minimum Gasteiger partial charge on any atom is -0.489 e. The largest absolute Gasteiger partial charge is 0.489 e. The zero-order chi connectivity index (χ0) is 13.7. The van der Waals surface area contributed by atoms with E-state index in [4.69, 9.17) is 15.2 Å². The van der Waals surface area contributed by atoms with E-state index in [0.29, 0.717) is 42.5 Å². The van der Waals surface area contributed by atoms with Crippen LogP contribution in [0.5, 0.6) is 11.5 Å². The van der Waals surface area contributed by atoms with Gasteiger partial charge in [-0.15, -0.1) is 0 Å². The fraction of sp³-hybridized carbons (Fsp3) is 0.462. The maximum atomic E-state index is 11.7. The van der Waals surface area contributed by atoms with Gasteiger partial charge in [0.2, 0.25) is 5.91 Å². The average molecular weight is 282 g/mol. The highest BCUT2D eigenvalue weighted by Crippen LogP contribution is 2.36. The molecule has 1 aromatic rings. The minimum absolute atomic E-state index is 0.0458. The minimum atomic E-state index is -0.0458. The Morgan fingerprint density at radius 3 is 2.74 bits per heavy atom. The summed E-state index contributed by atoms with van der Waals surface area (Å²) in [4.78, 5) is 11.7. The Hall–Kier alpha value is -1.56. The Morgan fingerprint density at radius 2 is 2.05 bits per heavy atom. The highest BCUT2D eigenvalue weighted by molar-refractivity contribution is 7.98. The van der Waals surface area contributed by atoms with Crippen LogP contribution in [0.3, 0.4) is 0 Å². The number of hydrogen-bond donors (Lipinski definition) is 2. The maximum Gasteiger partial charge on any atom is 0.225 e. The third kappa shape index (κ3) is 3.70. The first-order valence-corrected chi connectivity index (χ1v) is 7.58. The first-order chi connectivity index (χ1) is 9.20. The first-order valence-electron chi connectivity index (χ1n) is 6.18.